The molecule has 3 rings (SSSR count). The highest BCUT2D eigenvalue weighted by Crippen LogP contribution is 2.21. The third kappa shape index (κ3) is 2.20. The summed E-state index contributed by atoms with van der Waals surface area (Å²) in [5.41, 5.74) is 0. The van der Waals surface area contributed by atoms with Crippen LogP contribution < -0.4 is 4.90 Å². The minimum absolute atomic E-state index is 0.355. The Morgan fingerprint density at radius 3 is 2.78 bits per heavy atom. The van der Waals surface area contributed by atoms with Gasteiger partial charge in [-0.2, -0.15) is 4.39 Å². The predicted octanol–water partition coefficient (Wildman–Crippen LogP) is 1.13. The van der Waals surface area contributed by atoms with Crippen molar-refractivity contribution in [2.45, 2.75) is 19.0 Å². The molecule has 0 aromatic carbocycles. The van der Waals surface area contributed by atoms with Crippen molar-refractivity contribution in [1.82, 2.24) is 9.88 Å². The molecule has 2 aliphatic rings. The number of hydrogen-bond acceptors (Lipinski definition) is 4. The number of rotatable bonds is 2. The van der Waals surface area contributed by atoms with Gasteiger partial charge in [0.15, 0.2) is 0 Å². The van der Waals surface area contributed by atoms with Crippen molar-refractivity contribution in [3.63, 3.8) is 0 Å². The van der Waals surface area contributed by atoms with Crippen LogP contribution in [0, 0.1) is 5.95 Å². The van der Waals surface area contributed by atoms with E-state index < -0.39 is 5.95 Å². The summed E-state index contributed by atoms with van der Waals surface area (Å²) in [7, 11) is 0. The molecule has 0 bridgehead atoms. The molecule has 0 amide bonds. The average Bonchev–Trinajstić information content (AvgIpc) is 2.26. The fourth-order valence-electron chi connectivity index (χ4n) is 2.65. The van der Waals surface area contributed by atoms with E-state index in [1.54, 1.807) is 6.07 Å². The highest BCUT2D eigenvalue weighted by molar-refractivity contribution is 5.40. The number of nitrogens with zero attached hydrogens (tertiary/aromatic N) is 3. The number of hydrogen-bond donors (Lipinski definition) is 0. The van der Waals surface area contributed by atoms with Crippen molar-refractivity contribution in [2.75, 3.05) is 37.7 Å². The SMILES string of the molecule is CC1CN(C2COC2)CCN1c1cccc(F)n1. The molecule has 1 unspecified atom stereocenters. The van der Waals surface area contributed by atoms with Crippen LogP contribution in [0.15, 0.2) is 18.2 Å². The van der Waals surface area contributed by atoms with E-state index in [-0.39, 0.29) is 0 Å². The van der Waals surface area contributed by atoms with Crippen LogP contribution in [0.25, 0.3) is 0 Å². The van der Waals surface area contributed by atoms with Gasteiger partial charge in [-0.3, -0.25) is 4.90 Å². The molecule has 2 saturated heterocycles. The second kappa shape index (κ2) is 4.82. The van der Waals surface area contributed by atoms with Gasteiger partial charge in [0.1, 0.15) is 5.82 Å². The molecule has 5 heteroatoms. The van der Waals surface area contributed by atoms with E-state index in [1.165, 1.54) is 6.07 Å². The lowest BCUT2D eigenvalue weighted by Crippen LogP contribution is -2.59. The third-order valence-corrected chi connectivity index (χ3v) is 3.79. The van der Waals surface area contributed by atoms with E-state index in [9.17, 15) is 4.39 Å². The third-order valence-electron chi connectivity index (χ3n) is 3.79. The first kappa shape index (κ1) is 11.9. The first-order valence-corrected chi connectivity index (χ1v) is 6.45. The van der Waals surface area contributed by atoms with Gasteiger partial charge in [-0.1, -0.05) is 6.07 Å². The highest BCUT2D eigenvalue weighted by Gasteiger charge is 2.32. The average molecular weight is 251 g/mol. The van der Waals surface area contributed by atoms with Crippen LogP contribution in [0.4, 0.5) is 10.2 Å². The maximum atomic E-state index is 13.2. The monoisotopic (exact) mass is 251 g/mol. The normalized spacial score (nSPS) is 26.1. The Morgan fingerprint density at radius 2 is 2.17 bits per heavy atom. The first-order valence-electron chi connectivity index (χ1n) is 6.45. The Balaban J connectivity index is 1.68. The summed E-state index contributed by atoms with van der Waals surface area (Å²) >= 11 is 0. The molecule has 2 fully saturated rings. The number of halogens is 1. The fourth-order valence-corrected chi connectivity index (χ4v) is 2.65. The van der Waals surface area contributed by atoms with Gasteiger partial charge in [0.25, 0.3) is 0 Å². The van der Waals surface area contributed by atoms with Crippen molar-refractivity contribution in [3.05, 3.63) is 24.1 Å². The zero-order valence-electron chi connectivity index (χ0n) is 10.6. The van der Waals surface area contributed by atoms with Crippen LogP contribution in [-0.4, -0.2) is 54.8 Å². The quantitative estimate of drug-likeness (QED) is 0.737. The van der Waals surface area contributed by atoms with Crippen molar-refractivity contribution in [2.24, 2.45) is 0 Å². The molecule has 0 aliphatic carbocycles. The number of anilines is 1. The standard InChI is InChI=1S/C13H18FN3O/c1-10-7-16(11-8-18-9-11)5-6-17(10)13-4-2-3-12(14)15-13/h2-4,10-11H,5-9H2,1H3. The van der Waals surface area contributed by atoms with Gasteiger partial charge in [-0.05, 0) is 19.1 Å². The molecule has 1 aromatic heterocycles. The van der Waals surface area contributed by atoms with Crippen molar-refractivity contribution in [3.8, 4) is 0 Å². The Hall–Kier alpha value is -1.20. The van der Waals surface area contributed by atoms with Crippen LogP contribution in [0.3, 0.4) is 0 Å². The van der Waals surface area contributed by atoms with Crippen LogP contribution in [-0.2, 0) is 4.74 Å². The van der Waals surface area contributed by atoms with Gasteiger partial charge in [-0.25, -0.2) is 4.98 Å². The molecule has 2 aliphatic heterocycles. The molecule has 1 atom stereocenters. The van der Waals surface area contributed by atoms with Crippen LogP contribution in [0.2, 0.25) is 0 Å². The molecule has 0 spiro atoms. The van der Waals surface area contributed by atoms with Crippen LogP contribution >= 0.6 is 0 Å². The number of ether oxygens (including phenoxy) is 1. The van der Waals surface area contributed by atoms with Crippen molar-refractivity contribution in [1.29, 1.82) is 0 Å². The van der Waals surface area contributed by atoms with E-state index in [0.29, 0.717) is 12.1 Å². The second-order valence-corrected chi connectivity index (χ2v) is 5.05. The number of piperazine rings is 1. The van der Waals surface area contributed by atoms with Gasteiger partial charge < -0.3 is 9.64 Å². The molecule has 4 nitrogen and oxygen atoms in total. The minimum Gasteiger partial charge on any atom is -0.378 e. The van der Waals surface area contributed by atoms with E-state index in [1.807, 2.05) is 6.07 Å². The predicted molar refractivity (Wildman–Crippen MR) is 67.2 cm³/mol. The summed E-state index contributed by atoms with van der Waals surface area (Å²) in [6, 6.07) is 5.91. The van der Waals surface area contributed by atoms with Crippen molar-refractivity contribution < 1.29 is 9.13 Å². The van der Waals surface area contributed by atoms with Crippen molar-refractivity contribution >= 4 is 5.82 Å². The van der Waals surface area contributed by atoms with Crippen LogP contribution in [0.1, 0.15) is 6.92 Å². The summed E-state index contributed by atoms with van der Waals surface area (Å²) in [6.45, 7) is 6.75. The Kier molecular flexibility index (Phi) is 3.18. The van der Waals surface area contributed by atoms with Gasteiger partial charge in [0, 0.05) is 25.7 Å². The Labute approximate surface area is 106 Å². The molecule has 98 valence electrons. The molecule has 0 saturated carbocycles. The summed E-state index contributed by atoms with van der Waals surface area (Å²) in [5.74, 6) is 0.335. The Bertz CT molecular complexity index is 424. The fraction of sp³-hybridized carbons (Fsp3) is 0.615. The summed E-state index contributed by atoms with van der Waals surface area (Å²) < 4.78 is 18.4. The molecular weight excluding hydrogens is 233 g/mol. The second-order valence-electron chi connectivity index (χ2n) is 5.05. The van der Waals surface area contributed by atoms with E-state index in [0.717, 1.165) is 38.7 Å². The van der Waals surface area contributed by atoms with Gasteiger partial charge in [0.05, 0.1) is 19.3 Å². The minimum atomic E-state index is -0.408. The zero-order chi connectivity index (χ0) is 12.5. The lowest BCUT2D eigenvalue weighted by Gasteiger charge is -2.46. The molecule has 18 heavy (non-hydrogen) atoms. The lowest BCUT2D eigenvalue weighted by atomic mass is 10.1. The largest absolute Gasteiger partial charge is 0.378 e. The topological polar surface area (TPSA) is 28.6 Å². The van der Waals surface area contributed by atoms with E-state index >= 15 is 0 Å². The molecule has 3 heterocycles. The number of aromatic nitrogens is 1. The first-order chi connectivity index (χ1) is 8.74. The van der Waals surface area contributed by atoms with Gasteiger partial charge in [-0.15, -0.1) is 0 Å². The zero-order valence-corrected chi connectivity index (χ0v) is 10.6. The van der Waals surface area contributed by atoms with Gasteiger partial charge in [0.2, 0.25) is 5.95 Å². The van der Waals surface area contributed by atoms with Crippen LogP contribution in [0.5, 0.6) is 0 Å². The highest BCUT2D eigenvalue weighted by atomic mass is 19.1. The summed E-state index contributed by atoms with van der Waals surface area (Å²) in [6.07, 6.45) is 0. The molecular formula is C13H18FN3O. The number of pyridine rings is 1. The van der Waals surface area contributed by atoms with Gasteiger partial charge >= 0.3 is 0 Å². The smallest absolute Gasteiger partial charge is 0.214 e. The maximum absolute atomic E-state index is 13.2. The summed E-state index contributed by atoms with van der Waals surface area (Å²) in [5, 5.41) is 0. The lowest BCUT2D eigenvalue weighted by molar-refractivity contribution is -0.0692. The summed E-state index contributed by atoms with van der Waals surface area (Å²) in [4.78, 5) is 8.61. The van der Waals surface area contributed by atoms with E-state index in [2.05, 4.69) is 21.7 Å². The Morgan fingerprint density at radius 1 is 1.33 bits per heavy atom. The maximum Gasteiger partial charge on any atom is 0.214 e. The molecule has 0 N–H and O–H groups in total. The van der Waals surface area contributed by atoms with E-state index in [4.69, 9.17) is 4.74 Å². The molecule has 1 aromatic rings. The molecule has 0 radical (unpaired) electrons.